The maximum absolute atomic E-state index is 12.8. The smallest absolute Gasteiger partial charge is 0.306 e. The van der Waals surface area contributed by atoms with Crippen LogP contribution in [0.2, 0.25) is 0 Å². The third kappa shape index (κ3) is 4.27. The van der Waals surface area contributed by atoms with Crippen LogP contribution in [0.5, 0.6) is 5.75 Å². The van der Waals surface area contributed by atoms with Crippen molar-refractivity contribution >= 4 is 5.97 Å². The van der Waals surface area contributed by atoms with Crippen molar-refractivity contribution in [3.8, 4) is 5.75 Å². The molecular formula is C11H13FO4. The highest BCUT2D eigenvalue weighted by atomic mass is 19.1. The van der Waals surface area contributed by atoms with E-state index in [-0.39, 0.29) is 12.4 Å². The molecule has 0 spiro atoms. The molecule has 1 unspecified atom stereocenters. The van der Waals surface area contributed by atoms with E-state index in [1.54, 1.807) is 0 Å². The second-order valence-electron chi connectivity index (χ2n) is 3.81. The van der Waals surface area contributed by atoms with Crippen LogP contribution in [0.4, 0.5) is 4.39 Å². The van der Waals surface area contributed by atoms with E-state index in [2.05, 4.69) is 0 Å². The monoisotopic (exact) mass is 228 g/mol. The average Bonchev–Trinajstić information content (AvgIpc) is 2.13. The van der Waals surface area contributed by atoms with Gasteiger partial charge in [0.15, 0.2) is 0 Å². The number of hydrogen-bond donors (Lipinski definition) is 2. The van der Waals surface area contributed by atoms with Gasteiger partial charge in [0.2, 0.25) is 0 Å². The van der Waals surface area contributed by atoms with Crippen molar-refractivity contribution in [2.45, 2.75) is 18.9 Å². The molecule has 0 heterocycles. The van der Waals surface area contributed by atoms with Crippen LogP contribution in [-0.4, -0.2) is 28.4 Å². The van der Waals surface area contributed by atoms with Crippen LogP contribution in [0.25, 0.3) is 0 Å². The van der Waals surface area contributed by atoms with Crippen LogP contribution in [0.1, 0.15) is 13.3 Å². The summed E-state index contributed by atoms with van der Waals surface area (Å²) in [6.07, 6.45) is -0.428. The second kappa shape index (κ2) is 4.94. The molecule has 1 aromatic rings. The number of carboxylic acid groups (broad SMARTS) is 1. The van der Waals surface area contributed by atoms with Crippen molar-refractivity contribution in [1.29, 1.82) is 0 Å². The number of aliphatic hydroxyl groups is 1. The Balaban J connectivity index is 2.54. The molecular weight excluding hydrogens is 215 g/mol. The highest BCUT2D eigenvalue weighted by molar-refractivity contribution is 5.68. The molecule has 0 fully saturated rings. The molecule has 2 N–H and O–H groups in total. The van der Waals surface area contributed by atoms with Crippen molar-refractivity contribution in [2.24, 2.45) is 0 Å². The van der Waals surface area contributed by atoms with E-state index in [0.717, 1.165) is 6.07 Å². The van der Waals surface area contributed by atoms with Crippen LogP contribution in [-0.2, 0) is 4.79 Å². The number of rotatable bonds is 5. The Kier molecular flexibility index (Phi) is 3.84. The van der Waals surface area contributed by atoms with E-state index in [9.17, 15) is 14.3 Å². The number of ether oxygens (including phenoxy) is 1. The van der Waals surface area contributed by atoms with Gasteiger partial charge in [-0.2, -0.15) is 0 Å². The molecule has 0 radical (unpaired) electrons. The summed E-state index contributed by atoms with van der Waals surface area (Å²) in [6.45, 7) is 1.14. The molecule has 0 aliphatic rings. The topological polar surface area (TPSA) is 66.8 Å². The van der Waals surface area contributed by atoms with Crippen LogP contribution < -0.4 is 4.74 Å². The Morgan fingerprint density at radius 2 is 2.25 bits per heavy atom. The molecule has 1 atom stereocenters. The lowest BCUT2D eigenvalue weighted by Crippen LogP contribution is -2.34. The van der Waals surface area contributed by atoms with Crippen molar-refractivity contribution in [2.75, 3.05) is 6.61 Å². The van der Waals surface area contributed by atoms with Gasteiger partial charge in [-0.15, -0.1) is 0 Å². The molecule has 0 saturated carbocycles. The molecule has 88 valence electrons. The molecule has 0 aliphatic carbocycles. The quantitative estimate of drug-likeness (QED) is 0.800. The molecule has 16 heavy (non-hydrogen) atoms. The minimum absolute atomic E-state index is 0.206. The summed E-state index contributed by atoms with van der Waals surface area (Å²) in [7, 11) is 0. The number of benzene rings is 1. The van der Waals surface area contributed by atoms with E-state index >= 15 is 0 Å². The van der Waals surface area contributed by atoms with Crippen molar-refractivity contribution in [3.63, 3.8) is 0 Å². The van der Waals surface area contributed by atoms with Gasteiger partial charge in [-0.1, -0.05) is 6.07 Å². The summed E-state index contributed by atoms with van der Waals surface area (Å²) < 4.78 is 17.9. The SMILES string of the molecule is CC(O)(COc1cccc(F)c1)CC(=O)O. The molecule has 4 nitrogen and oxygen atoms in total. The van der Waals surface area contributed by atoms with Gasteiger partial charge >= 0.3 is 5.97 Å². The third-order valence-corrected chi connectivity index (χ3v) is 1.88. The lowest BCUT2D eigenvalue weighted by molar-refractivity contribution is -0.143. The Hall–Kier alpha value is -1.62. The van der Waals surface area contributed by atoms with Crippen LogP contribution in [0.15, 0.2) is 24.3 Å². The normalized spacial score (nSPS) is 14.2. The predicted molar refractivity (Wildman–Crippen MR) is 54.8 cm³/mol. The van der Waals surface area contributed by atoms with E-state index < -0.39 is 23.8 Å². The van der Waals surface area contributed by atoms with Crippen molar-refractivity contribution in [3.05, 3.63) is 30.1 Å². The first-order chi connectivity index (χ1) is 7.39. The first kappa shape index (κ1) is 12.4. The minimum atomic E-state index is -1.47. The fraction of sp³-hybridized carbons (Fsp3) is 0.364. The lowest BCUT2D eigenvalue weighted by Gasteiger charge is -2.21. The molecule has 5 heteroatoms. The fourth-order valence-corrected chi connectivity index (χ4v) is 1.17. The number of carbonyl (C=O) groups is 1. The van der Waals surface area contributed by atoms with Gasteiger partial charge < -0.3 is 14.9 Å². The molecule has 0 aliphatic heterocycles. The summed E-state index contributed by atoms with van der Waals surface area (Å²) >= 11 is 0. The second-order valence-corrected chi connectivity index (χ2v) is 3.81. The van der Waals surface area contributed by atoms with Crippen molar-refractivity contribution < 1.29 is 24.1 Å². The first-order valence-electron chi connectivity index (χ1n) is 4.72. The Labute approximate surface area is 92.3 Å². The molecule has 0 bridgehead atoms. The first-order valence-corrected chi connectivity index (χ1v) is 4.72. The number of aliphatic carboxylic acids is 1. The summed E-state index contributed by atoms with van der Waals surface area (Å²) in [4.78, 5) is 10.4. The minimum Gasteiger partial charge on any atom is -0.490 e. The van der Waals surface area contributed by atoms with Gasteiger partial charge in [0.25, 0.3) is 0 Å². The van der Waals surface area contributed by atoms with Gasteiger partial charge in [-0.05, 0) is 19.1 Å². The van der Waals surface area contributed by atoms with Crippen LogP contribution in [0.3, 0.4) is 0 Å². The summed E-state index contributed by atoms with van der Waals surface area (Å²) in [5.74, 6) is -1.31. The van der Waals surface area contributed by atoms with Gasteiger partial charge in [0.1, 0.15) is 23.8 Å². The molecule has 0 saturated heterocycles. The lowest BCUT2D eigenvalue weighted by atomic mass is 10.0. The van der Waals surface area contributed by atoms with E-state index in [1.807, 2.05) is 0 Å². The van der Waals surface area contributed by atoms with Gasteiger partial charge in [-0.25, -0.2) is 4.39 Å². The van der Waals surface area contributed by atoms with Crippen LogP contribution in [0, 0.1) is 5.82 Å². The average molecular weight is 228 g/mol. The zero-order valence-corrected chi connectivity index (χ0v) is 8.81. The van der Waals surface area contributed by atoms with Gasteiger partial charge in [-0.3, -0.25) is 4.79 Å². The summed E-state index contributed by atoms with van der Waals surface area (Å²) in [5, 5.41) is 18.1. The fourth-order valence-electron chi connectivity index (χ4n) is 1.17. The van der Waals surface area contributed by atoms with Crippen LogP contribution >= 0.6 is 0 Å². The molecule has 0 aromatic heterocycles. The standard InChI is InChI=1S/C11H13FO4/c1-11(15,6-10(13)14)7-16-9-4-2-3-8(12)5-9/h2-5,15H,6-7H2,1H3,(H,13,14). The Bertz CT molecular complexity index is 376. The zero-order chi connectivity index (χ0) is 12.2. The van der Waals surface area contributed by atoms with Crippen molar-refractivity contribution in [1.82, 2.24) is 0 Å². The summed E-state index contributed by atoms with van der Waals surface area (Å²) in [6, 6.07) is 5.43. The highest BCUT2D eigenvalue weighted by Crippen LogP contribution is 2.16. The number of carboxylic acids is 1. The predicted octanol–water partition coefficient (Wildman–Crippen LogP) is 1.43. The highest BCUT2D eigenvalue weighted by Gasteiger charge is 2.25. The Morgan fingerprint density at radius 1 is 1.56 bits per heavy atom. The largest absolute Gasteiger partial charge is 0.490 e. The third-order valence-electron chi connectivity index (χ3n) is 1.88. The zero-order valence-electron chi connectivity index (χ0n) is 8.81. The number of halogens is 1. The maximum atomic E-state index is 12.8. The van der Waals surface area contributed by atoms with E-state index in [0.29, 0.717) is 0 Å². The van der Waals surface area contributed by atoms with E-state index in [1.165, 1.54) is 25.1 Å². The Morgan fingerprint density at radius 3 is 2.81 bits per heavy atom. The molecule has 1 aromatic carbocycles. The molecule has 0 amide bonds. The van der Waals surface area contributed by atoms with Gasteiger partial charge in [0.05, 0.1) is 6.42 Å². The number of hydrogen-bond acceptors (Lipinski definition) is 3. The summed E-state index contributed by atoms with van der Waals surface area (Å²) in [5.41, 5.74) is -1.47. The van der Waals surface area contributed by atoms with Gasteiger partial charge in [0, 0.05) is 6.07 Å². The molecule has 1 rings (SSSR count). The maximum Gasteiger partial charge on any atom is 0.306 e. The van der Waals surface area contributed by atoms with E-state index in [4.69, 9.17) is 9.84 Å².